The molecule has 6 heteroatoms. The van der Waals surface area contributed by atoms with E-state index in [-0.39, 0.29) is 11.8 Å². The summed E-state index contributed by atoms with van der Waals surface area (Å²) in [6, 6.07) is 8.01. The highest BCUT2D eigenvalue weighted by Gasteiger charge is 2.07. The molecule has 0 aliphatic heterocycles. The van der Waals surface area contributed by atoms with Gasteiger partial charge in [0.05, 0.1) is 6.54 Å². The predicted octanol–water partition coefficient (Wildman–Crippen LogP) is 1.65. The van der Waals surface area contributed by atoms with E-state index in [1.807, 2.05) is 50.1 Å². The van der Waals surface area contributed by atoms with Crippen molar-refractivity contribution in [3.8, 4) is 5.75 Å². The van der Waals surface area contributed by atoms with Gasteiger partial charge in [0.1, 0.15) is 12.4 Å². The number of benzene rings is 1. The normalized spacial score (nSPS) is 11.3. The van der Waals surface area contributed by atoms with Gasteiger partial charge in [0.25, 0.3) is 0 Å². The maximum Gasteiger partial charge on any atom is 0.222 e. The minimum atomic E-state index is 0.00547. The van der Waals surface area contributed by atoms with Crippen LogP contribution in [0, 0.1) is 12.8 Å². The summed E-state index contributed by atoms with van der Waals surface area (Å²) in [6.07, 6.45) is 0. The summed E-state index contributed by atoms with van der Waals surface area (Å²) in [7, 11) is 3.70. The molecule has 0 unspecified atom stereocenters. The first kappa shape index (κ1) is 19.8. The summed E-state index contributed by atoms with van der Waals surface area (Å²) < 4.78 is 5.73. The van der Waals surface area contributed by atoms with E-state index in [1.54, 1.807) is 7.05 Å². The molecule has 0 aliphatic carbocycles. The van der Waals surface area contributed by atoms with E-state index >= 15 is 0 Å². The minimum Gasteiger partial charge on any atom is -0.492 e. The second kappa shape index (κ2) is 10.5. The van der Waals surface area contributed by atoms with Crippen molar-refractivity contribution >= 4 is 11.9 Å². The van der Waals surface area contributed by atoms with E-state index in [9.17, 15) is 4.79 Å². The van der Waals surface area contributed by atoms with Gasteiger partial charge in [0.2, 0.25) is 5.91 Å². The summed E-state index contributed by atoms with van der Waals surface area (Å²) in [6.45, 7) is 8.30. The van der Waals surface area contributed by atoms with Gasteiger partial charge in [-0.1, -0.05) is 31.5 Å². The second-order valence-corrected chi connectivity index (χ2v) is 6.00. The Bertz CT molecular complexity index is 526. The molecule has 0 aromatic heterocycles. The number of hydrogen-bond acceptors (Lipinski definition) is 3. The van der Waals surface area contributed by atoms with E-state index in [0.29, 0.717) is 26.2 Å². The summed E-state index contributed by atoms with van der Waals surface area (Å²) in [5.74, 6) is 1.71. The molecule has 2 N–H and O–H groups in total. The first-order valence-electron chi connectivity index (χ1n) is 8.33. The predicted molar refractivity (Wildman–Crippen MR) is 98.5 cm³/mol. The number of ether oxygens (including phenoxy) is 1. The number of nitrogens with one attached hydrogen (secondary N) is 2. The van der Waals surface area contributed by atoms with Crippen LogP contribution >= 0.6 is 0 Å². The lowest BCUT2D eigenvalue weighted by molar-refractivity contribution is -0.123. The Morgan fingerprint density at radius 2 is 1.83 bits per heavy atom. The van der Waals surface area contributed by atoms with Crippen molar-refractivity contribution in [2.75, 3.05) is 40.3 Å². The number of amides is 1. The third-order valence-corrected chi connectivity index (χ3v) is 3.52. The Morgan fingerprint density at radius 1 is 1.21 bits per heavy atom. The molecule has 24 heavy (non-hydrogen) atoms. The molecule has 1 amide bonds. The lowest BCUT2D eigenvalue weighted by Crippen LogP contribution is -2.44. The Balaban J connectivity index is 2.27. The molecular weight excluding hydrogens is 304 g/mol. The van der Waals surface area contributed by atoms with E-state index < -0.39 is 0 Å². The SMILES string of the molecule is CN=C(NCCNC(=O)C(C)C)N(C)CCOc1ccc(C)cc1. The zero-order chi connectivity index (χ0) is 17.9. The first-order valence-corrected chi connectivity index (χ1v) is 8.33. The third kappa shape index (κ3) is 7.35. The molecule has 0 aliphatic rings. The van der Waals surface area contributed by atoms with Crippen LogP contribution in [-0.4, -0.2) is 57.1 Å². The highest BCUT2D eigenvalue weighted by atomic mass is 16.5. The number of likely N-dealkylation sites (N-methyl/N-ethyl adjacent to an activating group) is 1. The van der Waals surface area contributed by atoms with Crippen molar-refractivity contribution in [2.45, 2.75) is 20.8 Å². The average molecular weight is 334 g/mol. The van der Waals surface area contributed by atoms with Gasteiger partial charge in [0, 0.05) is 33.1 Å². The van der Waals surface area contributed by atoms with Gasteiger partial charge in [0.15, 0.2) is 5.96 Å². The lowest BCUT2D eigenvalue weighted by Gasteiger charge is -2.22. The fourth-order valence-corrected chi connectivity index (χ4v) is 1.99. The fraction of sp³-hybridized carbons (Fsp3) is 0.556. The van der Waals surface area contributed by atoms with Crippen molar-refractivity contribution in [3.05, 3.63) is 29.8 Å². The van der Waals surface area contributed by atoms with Gasteiger partial charge in [-0.25, -0.2) is 0 Å². The van der Waals surface area contributed by atoms with E-state index in [4.69, 9.17) is 4.74 Å². The van der Waals surface area contributed by atoms with Crippen LogP contribution in [0.25, 0.3) is 0 Å². The first-order chi connectivity index (χ1) is 11.4. The van der Waals surface area contributed by atoms with Crippen molar-refractivity contribution in [2.24, 2.45) is 10.9 Å². The molecule has 0 fully saturated rings. The number of aliphatic imine (C=N–C) groups is 1. The molecule has 0 saturated carbocycles. The Morgan fingerprint density at radius 3 is 2.42 bits per heavy atom. The van der Waals surface area contributed by atoms with Crippen LogP contribution in [0.2, 0.25) is 0 Å². The molecule has 0 radical (unpaired) electrons. The third-order valence-electron chi connectivity index (χ3n) is 3.52. The number of aryl methyl sites for hydroxylation is 1. The highest BCUT2D eigenvalue weighted by molar-refractivity contribution is 5.80. The number of guanidine groups is 1. The maximum atomic E-state index is 11.5. The molecular formula is C18H30N4O2. The molecule has 0 bridgehead atoms. The molecule has 0 heterocycles. The summed E-state index contributed by atoms with van der Waals surface area (Å²) >= 11 is 0. The molecule has 0 saturated heterocycles. The molecule has 0 atom stereocenters. The van der Waals surface area contributed by atoms with E-state index in [0.717, 1.165) is 11.7 Å². The number of carbonyl (C=O) groups is 1. The van der Waals surface area contributed by atoms with Gasteiger partial charge >= 0.3 is 0 Å². The van der Waals surface area contributed by atoms with E-state index in [1.165, 1.54) is 5.56 Å². The maximum absolute atomic E-state index is 11.5. The monoisotopic (exact) mass is 334 g/mol. The molecule has 6 nitrogen and oxygen atoms in total. The zero-order valence-electron chi connectivity index (χ0n) is 15.4. The van der Waals surface area contributed by atoms with E-state index in [2.05, 4.69) is 22.5 Å². The van der Waals surface area contributed by atoms with Crippen LogP contribution in [0.4, 0.5) is 0 Å². The highest BCUT2D eigenvalue weighted by Crippen LogP contribution is 2.11. The number of carbonyl (C=O) groups excluding carboxylic acids is 1. The van der Waals surface area contributed by atoms with Crippen LogP contribution in [0.15, 0.2) is 29.3 Å². The van der Waals surface area contributed by atoms with Crippen LogP contribution in [0.5, 0.6) is 5.75 Å². The Kier molecular flexibility index (Phi) is 8.68. The molecule has 1 aromatic rings. The second-order valence-electron chi connectivity index (χ2n) is 6.00. The topological polar surface area (TPSA) is 66.0 Å². The van der Waals surface area contributed by atoms with Gasteiger partial charge in [-0.15, -0.1) is 0 Å². The van der Waals surface area contributed by atoms with Crippen molar-refractivity contribution < 1.29 is 9.53 Å². The van der Waals surface area contributed by atoms with Gasteiger partial charge < -0.3 is 20.3 Å². The standard InChI is InChI=1S/C18H30N4O2/c1-14(2)17(23)20-10-11-21-18(19-4)22(5)12-13-24-16-8-6-15(3)7-9-16/h6-9,14H,10-13H2,1-5H3,(H,19,21)(H,20,23). The summed E-state index contributed by atoms with van der Waals surface area (Å²) in [4.78, 5) is 17.7. The molecule has 1 aromatic carbocycles. The van der Waals surface area contributed by atoms with Crippen molar-refractivity contribution in [1.29, 1.82) is 0 Å². The van der Waals surface area contributed by atoms with Gasteiger partial charge in [-0.2, -0.15) is 0 Å². The molecule has 0 spiro atoms. The Labute approximate surface area is 145 Å². The smallest absolute Gasteiger partial charge is 0.222 e. The van der Waals surface area contributed by atoms with Crippen LogP contribution in [-0.2, 0) is 4.79 Å². The number of hydrogen-bond donors (Lipinski definition) is 2. The van der Waals surface area contributed by atoms with Crippen molar-refractivity contribution in [3.63, 3.8) is 0 Å². The summed E-state index contributed by atoms with van der Waals surface area (Å²) in [5.41, 5.74) is 1.22. The lowest BCUT2D eigenvalue weighted by atomic mass is 10.2. The molecule has 134 valence electrons. The minimum absolute atomic E-state index is 0.00547. The van der Waals surface area contributed by atoms with Crippen LogP contribution in [0.3, 0.4) is 0 Å². The van der Waals surface area contributed by atoms with Crippen molar-refractivity contribution in [1.82, 2.24) is 15.5 Å². The fourth-order valence-electron chi connectivity index (χ4n) is 1.99. The average Bonchev–Trinajstić information content (AvgIpc) is 2.56. The molecule has 1 rings (SSSR count). The van der Waals surface area contributed by atoms with Gasteiger partial charge in [-0.3, -0.25) is 9.79 Å². The largest absolute Gasteiger partial charge is 0.492 e. The van der Waals surface area contributed by atoms with Crippen LogP contribution < -0.4 is 15.4 Å². The van der Waals surface area contributed by atoms with Crippen LogP contribution in [0.1, 0.15) is 19.4 Å². The summed E-state index contributed by atoms with van der Waals surface area (Å²) in [5, 5.41) is 6.10. The quantitative estimate of drug-likeness (QED) is 0.431. The number of nitrogens with zero attached hydrogens (tertiary/aromatic N) is 2. The van der Waals surface area contributed by atoms with Gasteiger partial charge in [-0.05, 0) is 19.1 Å². The number of rotatable bonds is 8. The zero-order valence-corrected chi connectivity index (χ0v) is 15.4. The Hall–Kier alpha value is -2.24.